The first kappa shape index (κ1) is 21.6. The largest absolute Gasteiger partial charge is 0.383 e. The molecule has 2 saturated heterocycles. The Hall–Kier alpha value is -3.20. The van der Waals surface area contributed by atoms with Crippen molar-refractivity contribution in [3.05, 3.63) is 29.8 Å². The van der Waals surface area contributed by atoms with Crippen molar-refractivity contribution in [3.8, 4) is 11.3 Å². The van der Waals surface area contributed by atoms with Crippen molar-refractivity contribution < 1.29 is 9.53 Å². The maximum Gasteiger partial charge on any atom is 0.251 e. The van der Waals surface area contributed by atoms with E-state index in [4.69, 9.17) is 20.4 Å². The molecule has 0 radical (unpaired) electrons. The molecule has 3 aromatic rings. The van der Waals surface area contributed by atoms with Crippen molar-refractivity contribution in [2.24, 2.45) is 7.05 Å². The molecule has 33 heavy (non-hydrogen) atoms. The molecular formula is C24H31N7O2. The van der Waals surface area contributed by atoms with Crippen LogP contribution in [0.15, 0.2) is 24.3 Å². The van der Waals surface area contributed by atoms with Crippen molar-refractivity contribution in [2.45, 2.75) is 38.7 Å². The monoisotopic (exact) mass is 449 g/mol. The van der Waals surface area contributed by atoms with Crippen molar-refractivity contribution in [1.82, 2.24) is 24.6 Å². The van der Waals surface area contributed by atoms with Crippen molar-refractivity contribution in [3.63, 3.8) is 0 Å². The molecule has 9 nitrogen and oxygen atoms in total. The second kappa shape index (κ2) is 8.62. The summed E-state index contributed by atoms with van der Waals surface area (Å²) in [5.41, 5.74) is 9.97. The summed E-state index contributed by atoms with van der Waals surface area (Å²) in [6.45, 7) is 7.62. The number of hydrogen-bond acceptors (Lipinski definition) is 7. The Kier molecular flexibility index (Phi) is 5.65. The van der Waals surface area contributed by atoms with E-state index in [1.807, 2.05) is 11.9 Å². The standard InChI is InChI=1S/C24H31N7O2/c1-15(2)16-6-8-17(9-7-16)20-19-21(25)29(3)28-22(19)27-24(26-20)31-12-10-30(11-13-31)23(32)18-5-4-14-33-18/h6-9,15,18H,4-5,10-14,25H2,1-3H3/t18-/m1/s1. The van der Waals surface area contributed by atoms with E-state index in [-0.39, 0.29) is 12.0 Å². The molecule has 2 fully saturated rings. The van der Waals surface area contributed by atoms with E-state index < -0.39 is 0 Å². The molecule has 5 rings (SSSR count). The van der Waals surface area contributed by atoms with Gasteiger partial charge in [-0.15, -0.1) is 0 Å². The van der Waals surface area contributed by atoms with Gasteiger partial charge in [0.1, 0.15) is 11.9 Å². The second-order valence-electron chi connectivity index (χ2n) is 9.17. The summed E-state index contributed by atoms with van der Waals surface area (Å²) >= 11 is 0. The highest BCUT2D eigenvalue weighted by atomic mass is 16.5. The Morgan fingerprint density at radius 2 is 1.85 bits per heavy atom. The summed E-state index contributed by atoms with van der Waals surface area (Å²) < 4.78 is 7.22. The summed E-state index contributed by atoms with van der Waals surface area (Å²) in [5, 5.41) is 5.30. The van der Waals surface area contributed by atoms with E-state index in [9.17, 15) is 4.79 Å². The number of carbonyl (C=O) groups excluding carboxylic acids is 1. The molecule has 2 aliphatic heterocycles. The number of hydrogen-bond donors (Lipinski definition) is 1. The van der Waals surface area contributed by atoms with Gasteiger partial charge in [-0.2, -0.15) is 10.1 Å². The number of ether oxygens (including phenoxy) is 1. The Morgan fingerprint density at radius 3 is 2.48 bits per heavy atom. The molecular weight excluding hydrogens is 418 g/mol. The summed E-state index contributed by atoms with van der Waals surface area (Å²) in [6.07, 6.45) is 1.50. The van der Waals surface area contributed by atoms with Crippen LogP contribution in [0.1, 0.15) is 38.2 Å². The molecule has 2 N–H and O–H groups in total. The SMILES string of the molecule is CC(C)c1ccc(-c2nc(N3CCN(C(=O)[C@H]4CCCO4)CC3)nc3nn(C)c(N)c23)cc1. The van der Waals surface area contributed by atoms with Gasteiger partial charge in [0.15, 0.2) is 5.65 Å². The second-order valence-corrected chi connectivity index (χ2v) is 9.17. The van der Waals surface area contributed by atoms with Crippen molar-refractivity contribution in [2.75, 3.05) is 43.4 Å². The van der Waals surface area contributed by atoms with Gasteiger partial charge < -0.3 is 20.3 Å². The first-order valence-electron chi connectivity index (χ1n) is 11.7. The van der Waals surface area contributed by atoms with Crippen molar-refractivity contribution >= 4 is 28.7 Å². The average molecular weight is 450 g/mol. The minimum atomic E-state index is -0.277. The van der Waals surface area contributed by atoms with Crippen LogP contribution >= 0.6 is 0 Å². The number of carbonyl (C=O) groups is 1. The minimum absolute atomic E-state index is 0.104. The van der Waals surface area contributed by atoms with E-state index in [1.165, 1.54) is 5.56 Å². The van der Waals surface area contributed by atoms with Gasteiger partial charge in [-0.1, -0.05) is 38.1 Å². The first-order valence-corrected chi connectivity index (χ1v) is 11.7. The lowest BCUT2D eigenvalue weighted by Gasteiger charge is -2.35. The third-order valence-corrected chi connectivity index (χ3v) is 6.66. The highest BCUT2D eigenvalue weighted by Crippen LogP contribution is 2.33. The van der Waals surface area contributed by atoms with Gasteiger partial charge in [-0.05, 0) is 24.3 Å². The number of fused-ring (bicyclic) bond motifs is 1. The fourth-order valence-corrected chi connectivity index (χ4v) is 4.58. The zero-order valence-corrected chi connectivity index (χ0v) is 19.5. The molecule has 174 valence electrons. The molecule has 0 bridgehead atoms. The van der Waals surface area contributed by atoms with Gasteiger partial charge in [0.05, 0.1) is 11.1 Å². The van der Waals surface area contributed by atoms with Crippen LogP contribution in [0.2, 0.25) is 0 Å². The molecule has 2 aliphatic rings. The van der Waals surface area contributed by atoms with E-state index >= 15 is 0 Å². The summed E-state index contributed by atoms with van der Waals surface area (Å²) in [5.74, 6) is 1.73. The number of amides is 1. The fraction of sp³-hybridized carbons (Fsp3) is 0.500. The lowest BCUT2D eigenvalue weighted by Crippen LogP contribution is -2.51. The summed E-state index contributed by atoms with van der Waals surface area (Å²) in [6, 6.07) is 8.45. The molecule has 2 aromatic heterocycles. The van der Waals surface area contributed by atoms with Crippen LogP contribution in [0.3, 0.4) is 0 Å². The number of nitrogen functional groups attached to an aromatic ring is 1. The van der Waals surface area contributed by atoms with E-state index in [1.54, 1.807) is 4.68 Å². The van der Waals surface area contributed by atoms with Crippen LogP contribution in [0, 0.1) is 0 Å². The van der Waals surface area contributed by atoms with Crippen LogP contribution in [0.5, 0.6) is 0 Å². The Morgan fingerprint density at radius 1 is 1.12 bits per heavy atom. The maximum atomic E-state index is 12.7. The van der Waals surface area contributed by atoms with E-state index in [2.05, 4.69) is 48.1 Å². The third-order valence-electron chi connectivity index (χ3n) is 6.66. The van der Waals surface area contributed by atoms with Crippen LogP contribution in [0.4, 0.5) is 11.8 Å². The molecule has 0 saturated carbocycles. The normalized spacial score (nSPS) is 19.1. The van der Waals surface area contributed by atoms with E-state index in [0.717, 1.165) is 29.5 Å². The molecule has 9 heteroatoms. The number of nitrogens with two attached hydrogens (primary N) is 1. The van der Waals surface area contributed by atoms with Crippen LogP contribution < -0.4 is 10.6 Å². The number of piperazine rings is 1. The van der Waals surface area contributed by atoms with Gasteiger partial charge in [-0.25, -0.2) is 4.98 Å². The highest BCUT2D eigenvalue weighted by molar-refractivity contribution is 5.99. The third kappa shape index (κ3) is 4.01. The van der Waals surface area contributed by atoms with Crippen molar-refractivity contribution in [1.29, 1.82) is 0 Å². The molecule has 4 heterocycles. The Bertz CT molecular complexity index is 1160. The zero-order chi connectivity index (χ0) is 23.1. The van der Waals surface area contributed by atoms with Gasteiger partial charge in [0.25, 0.3) is 5.91 Å². The highest BCUT2D eigenvalue weighted by Gasteiger charge is 2.31. The lowest BCUT2D eigenvalue weighted by atomic mass is 10.00. The molecule has 0 unspecified atom stereocenters. The van der Waals surface area contributed by atoms with Gasteiger partial charge in [0.2, 0.25) is 5.95 Å². The van der Waals surface area contributed by atoms with E-state index in [0.29, 0.717) is 56.1 Å². The molecule has 1 atom stereocenters. The Labute approximate surface area is 193 Å². The van der Waals surface area contributed by atoms with Gasteiger partial charge >= 0.3 is 0 Å². The van der Waals surface area contributed by atoms with Gasteiger partial charge in [-0.3, -0.25) is 9.48 Å². The van der Waals surface area contributed by atoms with Crippen LogP contribution in [-0.2, 0) is 16.6 Å². The van der Waals surface area contributed by atoms with Crippen LogP contribution in [0.25, 0.3) is 22.3 Å². The smallest absolute Gasteiger partial charge is 0.251 e. The first-order chi connectivity index (χ1) is 15.9. The zero-order valence-electron chi connectivity index (χ0n) is 19.5. The number of aryl methyl sites for hydroxylation is 1. The minimum Gasteiger partial charge on any atom is -0.383 e. The number of rotatable bonds is 4. The summed E-state index contributed by atoms with van der Waals surface area (Å²) in [7, 11) is 1.82. The number of nitrogens with zero attached hydrogens (tertiary/aromatic N) is 6. The lowest BCUT2D eigenvalue weighted by molar-refractivity contribution is -0.141. The maximum absolute atomic E-state index is 12.7. The average Bonchev–Trinajstić information content (AvgIpc) is 3.47. The van der Waals surface area contributed by atoms with Crippen LogP contribution in [-0.4, -0.2) is 69.4 Å². The van der Waals surface area contributed by atoms with Gasteiger partial charge in [0, 0.05) is 45.4 Å². The number of aromatic nitrogens is 4. The predicted molar refractivity (Wildman–Crippen MR) is 128 cm³/mol. The fourth-order valence-electron chi connectivity index (χ4n) is 4.58. The number of benzene rings is 1. The number of anilines is 2. The molecule has 0 spiro atoms. The summed E-state index contributed by atoms with van der Waals surface area (Å²) in [4.78, 5) is 26.4. The predicted octanol–water partition coefficient (Wildman–Crippen LogP) is 2.56. The molecule has 1 amide bonds. The topological polar surface area (TPSA) is 102 Å². The Balaban J connectivity index is 1.44. The quantitative estimate of drug-likeness (QED) is 0.653. The molecule has 1 aromatic carbocycles. The molecule has 0 aliphatic carbocycles.